The minimum Gasteiger partial charge on any atom is -0.480 e. The Morgan fingerprint density at radius 2 is 2.11 bits per heavy atom. The summed E-state index contributed by atoms with van der Waals surface area (Å²) in [6.07, 6.45) is 3.17. The number of aliphatic hydroxyl groups excluding tert-OH is 1. The first-order chi connectivity index (χ1) is 8.58. The van der Waals surface area contributed by atoms with Gasteiger partial charge in [0.2, 0.25) is 0 Å². The minimum absolute atomic E-state index is 0.0322. The van der Waals surface area contributed by atoms with E-state index < -0.39 is 12.0 Å². The molecule has 0 aliphatic heterocycles. The van der Waals surface area contributed by atoms with Crippen LogP contribution in [0.15, 0.2) is 0 Å². The molecule has 1 atom stereocenters. The van der Waals surface area contributed by atoms with Gasteiger partial charge in [-0.1, -0.05) is 6.92 Å². The Morgan fingerprint density at radius 1 is 1.44 bits per heavy atom. The van der Waals surface area contributed by atoms with E-state index in [1.807, 2.05) is 6.92 Å². The van der Waals surface area contributed by atoms with Crippen molar-refractivity contribution >= 4 is 12.0 Å². The molecule has 1 aliphatic carbocycles. The van der Waals surface area contributed by atoms with Gasteiger partial charge in [-0.3, -0.25) is 0 Å². The van der Waals surface area contributed by atoms with E-state index in [0.717, 1.165) is 19.3 Å². The van der Waals surface area contributed by atoms with E-state index >= 15 is 0 Å². The Morgan fingerprint density at radius 3 is 2.56 bits per heavy atom. The second kappa shape index (κ2) is 7.20. The number of carbonyl (C=O) groups excluding carboxylic acids is 1. The summed E-state index contributed by atoms with van der Waals surface area (Å²) in [6, 6.07) is -1.36. The molecule has 0 aromatic carbocycles. The third-order valence-corrected chi connectivity index (χ3v) is 2.97. The highest BCUT2D eigenvalue weighted by molar-refractivity contribution is 5.82. The number of nitrogens with zero attached hydrogens (tertiary/aromatic N) is 1. The molecule has 1 aliphatic rings. The zero-order valence-electron chi connectivity index (χ0n) is 10.8. The summed E-state index contributed by atoms with van der Waals surface area (Å²) < 4.78 is 0. The van der Waals surface area contributed by atoms with Crippen molar-refractivity contribution in [1.29, 1.82) is 0 Å². The van der Waals surface area contributed by atoms with E-state index in [4.69, 9.17) is 10.2 Å². The second-order valence-electron chi connectivity index (χ2n) is 4.74. The van der Waals surface area contributed by atoms with Gasteiger partial charge in [0, 0.05) is 26.1 Å². The molecule has 3 N–H and O–H groups in total. The minimum atomic E-state index is -1.11. The summed E-state index contributed by atoms with van der Waals surface area (Å²) in [7, 11) is 0. The van der Waals surface area contributed by atoms with E-state index in [1.165, 1.54) is 0 Å². The molecule has 1 saturated carbocycles. The number of urea groups is 1. The summed E-state index contributed by atoms with van der Waals surface area (Å²) >= 11 is 0. The number of aliphatic hydroxyl groups is 1. The SMILES string of the molecule is CCCN(CC1CC1)C(=O)N[C@H](CCO)C(=O)O. The third kappa shape index (κ3) is 4.91. The lowest BCUT2D eigenvalue weighted by atomic mass is 10.2. The van der Waals surface area contributed by atoms with Gasteiger partial charge < -0.3 is 20.4 Å². The first-order valence-electron chi connectivity index (χ1n) is 6.47. The highest BCUT2D eigenvalue weighted by atomic mass is 16.4. The van der Waals surface area contributed by atoms with Crippen molar-refractivity contribution < 1.29 is 19.8 Å². The van der Waals surface area contributed by atoms with Crippen molar-refractivity contribution in [2.45, 2.75) is 38.6 Å². The quantitative estimate of drug-likeness (QED) is 0.596. The molecule has 0 unspecified atom stereocenters. The van der Waals surface area contributed by atoms with Gasteiger partial charge in [0.15, 0.2) is 0 Å². The summed E-state index contributed by atoms with van der Waals surface area (Å²) in [5.74, 6) is -0.538. The van der Waals surface area contributed by atoms with Crippen LogP contribution in [0.25, 0.3) is 0 Å². The molecule has 2 amide bonds. The van der Waals surface area contributed by atoms with Crippen LogP contribution in [0.3, 0.4) is 0 Å². The molecule has 0 saturated heterocycles. The molecule has 18 heavy (non-hydrogen) atoms. The van der Waals surface area contributed by atoms with Crippen LogP contribution in [-0.2, 0) is 4.79 Å². The number of aliphatic carboxylic acids is 1. The number of hydrogen-bond donors (Lipinski definition) is 3. The molecule has 0 radical (unpaired) electrons. The molecule has 0 bridgehead atoms. The zero-order valence-corrected chi connectivity index (χ0v) is 10.8. The normalized spacial score (nSPS) is 16.1. The molecule has 0 aromatic rings. The van der Waals surface area contributed by atoms with Gasteiger partial charge in [0.05, 0.1) is 0 Å². The standard InChI is InChI=1S/C12H22N2O4/c1-2-6-14(8-9-3-4-9)12(18)13-10(5-7-15)11(16)17/h9-10,15H,2-8H2,1H3,(H,13,18)(H,16,17)/t10-/m1/s1. The van der Waals surface area contributed by atoms with Gasteiger partial charge in [0.1, 0.15) is 6.04 Å². The first kappa shape index (κ1) is 14.8. The molecular weight excluding hydrogens is 236 g/mol. The lowest BCUT2D eigenvalue weighted by Gasteiger charge is -2.24. The Balaban J connectivity index is 2.49. The van der Waals surface area contributed by atoms with Crippen molar-refractivity contribution in [3.63, 3.8) is 0 Å². The van der Waals surface area contributed by atoms with Crippen molar-refractivity contribution in [2.75, 3.05) is 19.7 Å². The van der Waals surface area contributed by atoms with Gasteiger partial charge in [0.25, 0.3) is 0 Å². The molecule has 0 spiro atoms. The van der Waals surface area contributed by atoms with Gasteiger partial charge >= 0.3 is 12.0 Å². The van der Waals surface area contributed by atoms with Crippen LogP contribution in [-0.4, -0.2) is 52.9 Å². The smallest absolute Gasteiger partial charge is 0.326 e. The molecule has 1 fully saturated rings. The van der Waals surface area contributed by atoms with E-state index in [0.29, 0.717) is 19.0 Å². The second-order valence-corrected chi connectivity index (χ2v) is 4.74. The maximum absolute atomic E-state index is 12.0. The summed E-state index contributed by atoms with van der Waals surface area (Å²) in [6.45, 7) is 3.06. The average Bonchev–Trinajstić information content (AvgIpc) is 3.11. The van der Waals surface area contributed by atoms with Crippen LogP contribution in [0.1, 0.15) is 32.6 Å². The summed E-state index contributed by atoms with van der Waals surface area (Å²) in [5, 5.41) is 20.1. The summed E-state index contributed by atoms with van der Waals surface area (Å²) in [4.78, 5) is 24.5. The predicted molar refractivity (Wildman–Crippen MR) is 66.2 cm³/mol. The fraction of sp³-hybridized carbons (Fsp3) is 0.833. The monoisotopic (exact) mass is 258 g/mol. The number of carboxylic acids is 1. The van der Waals surface area contributed by atoms with Crippen LogP contribution in [0, 0.1) is 5.92 Å². The zero-order chi connectivity index (χ0) is 13.5. The molecule has 0 aromatic heterocycles. The topological polar surface area (TPSA) is 89.9 Å². The van der Waals surface area contributed by atoms with Crippen molar-refractivity contribution in [3.8, 4) is 0 Å². The fourth-order valence-corrected chi connectivity index (χ4v) is 1.78. The van der Waals surface area contributed by atoms with E-state index in [9.17, 15) is 9.59 Å². The fourth-order valence-electron chi connectivity index (χ4n) is 1.78. The number of hydrogen-bond acceptors (Lipinski definition) is 3. The number of amides is 2. The Kier molecular flexibility index (Phi) is 5.91. The van der Waals surface area contributed by atoms with E-state index in [2.05, 4.69) is 5.32 Å². The van der Waals surface area contributed by atoms with Crippen molar-refractivity contribution in [3.05, 3.63) is 0 Å². The number of nitrogens with one attached hydrogen (secondary N) is 1. The molecule has 6 nitrogen and oxygen atoms in total. The average molecular weight is 258 g/mol. The summed E-state index contributed by atoms with van der Waals surface area (Å²) in [5.41, 5.74) is 0. The molecule has 6 heteroatoms. The van der Waals surface area contributed by atoms with Crippen molar-refractivity contribution in [2.24, 2.45) is 5.92 Å². The maximum Gasteiger partial charge on any atom is 0.326 e. The Bertz CT molecular complexity index is 292. The maximum atomic E-state index is 12.0. The van der Waals surface area contributed by atoms with Crippen LogP contribution < -0.4 is 5.32 Å². The van der Waals surface area contributed by atoms with Crippen LogP contribution >= 0.6 is 0 Å². The molecular formula is C12H22N2O4. The molecule has 1 rings (SSSR count). The van der Waals surface area contributed by atoms with Gasteiger partial charge in [-0.25, -0.2) is 9.59 Å². The number of carbonyl (C=O) groups is 2. The van der Waals surface area contributed by atoms with E-state index in [-0.39, 0.29) is 19.1 Å². The van der Waals surface area contributed by atoms with Gasteiger partial charge in [-0.2, -0.15) is 0 Å². The Labute approximate surface area is 107 Å². The number of carboxylic acid groups (broad SMARTS) is 1. The lowest BCUT2D eigenvalue weighted by Crippen LogP contribution is -2.49. The third-order valence-electron chi connectivity index (χ3n) is 2.97. The van der Waals surface area contributed by atoms with Crippen molar-refractivity contribution in [1.82, 2.24) is 10.2 Å². The number of rotatable bonds is 8. The first-order valence-corrected chi connectivity index (χ1v) is 6.47. The van der Waals surface area contributed by atoms with Gasteiger partial charge in [-0.05, 0) is 25.2 Å². The predicted octanol–water partition coefficient (Wildman–Crippen LogP) is 0.654. The van der Waals surface area contributed by atoms with Gasteiger partial charge in [-0.15, -0.1) is 0 Å². The highest BCUT2D eigenvalue weighted by Crippen LogP contribution is 2.29. The largest absolute Gasteiger partial charge is 0.480 e. The lowest BCUT2D eigenvalue weighted by molar-refractivity contribution is -0.139. The van der Waals surface area contributed by atoms with Crippen LogP contribution in [0.2, 0.25) is 0 Å². The molecule has 0 heterocycles. The molecule has 104 valence electrons. The highest BCUT2D eigenvalue weighted by Gasteiger charge is 2.28. The van der Waals surface area contributed by atoms with E-state index in [1.54, 1.807) is 4.90 Å². The Hall–Kier alpha value is -1.30. The van der Waals surface area contributed by atoms with Crippen LogP contribution in [0.4, 0.5) is 4.79 Å². The van der Waals surface area contributed by atoms with Crippen LogP contribution in [0.5, 0.6) is 0 Å².